The molecule has 4 heteroatoms. The van der Waals surface area contributed by atoms with E-state index in [-0.39, 0.29) is 0 Å². The van der Waals surface area contributed by atoms with Crippen molar-refractivity contribution in [3.05, 3.63) is 48.8 Å². The average Bonchev–Trinajstić information content (AvgIpc) is 3.02. The molecule has 0 aromatic carbocycles. The number of aromatic nitrogens is 3. The lowest BCUT2D eigenvalue weighted by atomic mass is 9.73. The van der Waals surface area contributed by atoms with Crippen molar-refractivity contribution in [3.8, 4) is 0 Å². The molecule has 2 heterocycles. The van der Waals surface area contributed by atoms with E-state index in [0.29, 0.717) is 12.5 Å². The predicted octanol–water partition coefficient (Wildman–Crippen LogP) is 2.75. The molecule has 0 aliphatic heterocycles. The van der Waals surface area contributed by atoms with Crippen LogP contribution in [0, 0.1) is 5.92 Å². The third kappa shape index (κ3) is 2.61. The molecule has 3 rings (SSSR count). The molecule has 1 saturated carbocycles. The van der Waals surface area contributed by atoms with E-state index in [2.05, 4.69) is 9.97 Å². The second kappa shape index (κ2) is 5.75. The van der Waals surface area contributed by atoms with Gasteiger partial charge in [-0.05, 0) is 24.8 Å². The summed E-state index contributed by atoms with van der Waals surface area (Å²) >= 11 is 0. The van der Waals surface area contributed by atoms with Gasteiger partial charge in [0.2, 0.25) is 0 Å². The Morgan fingerprint density at radius 1 is 1.20 bits per heavy atom. The van der Waals surface area contributed by atoms with Crippen LogP contribution in [0.5, 0.6) is 0 Å². The SMILES string of the molecule is O[C@](Cn1ccnc1)(c1cccnc1)C1CCCCC1. The van der Waals surface area contributed by atoms with Gasteiger partial charge in [0.15, 0.2) is 0 Å². The van der Waals surface area contributed by atoms with Gasteiger partial charge >= 0.3 is 0 Å². The number of aliphatic hydroxyl groups is 1. The molecule has 2 aromatic rings. The van der Waals surface area contributed by atoms with Crippen LogP contribution >= 0.6 is 0 Å². The van der Waals surface area contributed by atoms with E-state index in [9.17, 15) is 5.11 Å². The smallest absolute Gasteiger partial charge is 0.112 e. The maximum absolute atomic E-state index is 11.4. The summed E-state index contributed by atoms with van der Waals surface area (Å²) in [5, 5.41) is 11.4. The predicted molar refractivity (Wildman–Crippen MR) is 76.9 cm³/mol. The normalized spacial score (nSPS) is 19.6. The molecule has 0 spiro atoms. The minimum absolute atomic E-state index is 0.294. The molecule has 106 valence electrons. The molecular weight excluding hydrogens is 250 g/mol. The molecule has 0 bridgehead atoms. The molecule has 0 amide bonds. The highest BCUT2D eigenvalue weighted by molar-refractivity contribution is 5.19. The van der Waals surface area contributed by atoms with Crippen LogP contribution in [0.3, 0.4) is 0 Å². The zero-order valence-corrected chi connectivity index (χ0v) is 11.7. The molecule has 20 heavy (non-hydrogen) atoms. The Bertz CT molecular complexity index is 520. The maximum Gasteiger partial charge on any atom is 0.112 e. The van der Waals surface area contributed by atoms with Gasteiger partial charge in [-0.15, -0.1) is 0 Å². The first kappa shape index (κ1) is 13.3. The van der Waals surface area contributed by atoms with Crippen LogP contribution in [-0.4, -0.2) is 19.6 Å². The van der Waals surface area contributed by atoms with Gasteiger partial charge in [-0.25, -0.2) is 4.98 Å². The second-order valence-corrected chi connectivity index (χ2v) is 5.74. The fraction of sp³-hybridized carbons (Fsp3) is 0.500. The van der Waals surface area contributed by atoms with Crippen molar-refractivity contribution < 1.29 is 5.11 Å². The van der Waals surface area contributed by atoms with Crippen molar-refractivity contribution in [3.63, 3.8) is 0 Å². The summed E-state index contributed by atoms with van der Waals surface area (Å²) in [4.78, 5) is 8.27. The Balaban J connectivity index is 1.93. The van der Waals surface area contributed by atoms with Crippen molar-refractivity contribution in [2.45, 2.75) is 44.2 Å². The summed E-state index contributed by atoms with van der Waals surface area (Å²) in [7, 11) is 0. The van der Waals surface area contributed by atoms with Crippen LogP contribution in [0.15, 0.2) is 43.2 Å². The van der Waals surface area contributed by atoms with Crippen molar-refractivity contribution >= 4 is 0 Å². The van der Waals surface area contributed by atoms with Crippen LogP contribution in [0.25, 0.3) is 0 Å². The Morgan fingerprint density at radius 3 is 2.70 bits per heavy atom. The van der Waals surface area contributed by atoms with E-state index < -0.39 is 5.60 Å². The van der Waals surface area contributed by atoms with Crippen molar-refractivity contribution in [1.82, 2.24) is 14.5 Å². The molecule has 2 aromatic heterocycles. The van der Waals surface area contributed by atoms with Gasteiger partial charge in [0.25, 0.3) is 0 Å². The summed E-state index contributed by atoms with van der Waals surface area (Å²) < 4.78 is 1.96. The van der Waals surface area contributed by atoms with Crippen LogP contribution in [0.4, 0.5) is 0 Å². The van der Waals surface area contributed by atoms with Crippen LogP contribution < -0.4 is 0 Å². The molecule has 4 nitrogen and oxygen atoms in total. The van der Waals surface area contributed by atoms with Gasteiger partial charge in [0.05, 0.1) is 12.9 Å². The molecule has 1 atom stereocenters. The highest BCUT2D eigenvalue weighted by atomic mass is 16.3. The standard InChI is InChI=1S/C16H21N3O/c20-16(12-19-10-9-18-13-19,14-5-2-1-3-6-14)15-7-4-8-17-11-15/h4,7-11,13-14,20H,1-3,5-6,12H2/t16-/m0/s1. The fourth-order valence-electron chi connectivity index (χ4n) is 3.31. The zero-order valence-electron chi connectivity index (χ0n) is 11.7. The van der Waals surface area contributed by atoms with Gasteiger partial charge in [0, 0.05) is 30.4 Å². The average molecular weight is 271 g/mol. The largest absolute Gasteiger partial charge is 0.383 e. The van der Waals surface area contributed by atoms with Crippen LogP contribution in [0.2, 0.25) is 0 Å². The van der Waals surface area contributed by atoms with Gasteiger partial charge in [-0.2, -0.15) is 0 Å². The minimum Gasteiger partial charge on any atom is -0.383 e. The number of imidazole rings is 1. The molecule has 1 N–H and O–H groups in total. The third-order valence-electron chi connectivity index (χ3n) is 4.42. The van der Waals surface area contributed by atoms with Crippen molar-refractivity contribution in [1.29, 1.82) is 0 Å². The van der Waals surface area contributed by atoms with Crippen LogP contribution in [0.1, 0.15) is 37.7 Å². The first-order valence-electron chi connectivity index (χ1n) is 7.38. The number of pyridine rings is 1. The topological polar surface area (TPSA) is 50.9 Å². The third-order valence-corrected chi connectivity index (χ3v) is 4.42. The van der Waals surface area contributed by atoms with E-state index in [1.807, 2.05) is 22.9 Å². The molecule has 0 saturated heterocycles. The van der Waals surface area contributed by atoms with Crippen molar-refractivity contribution in [2.75, 3.05) is 0 Å². The Labute approximate surface area is 119 Å². The minimum atomic E-state index is -0.852. The second-order valence-electron chi connectivity index (χ2n) is 5.74. The van der Waals surface area contributed by atoms with Crippen LogP contribution in [-0.2, 0) is 12.1 Å². The van der Waals surface area contributed by atoms with Crippen molar-refractivity contribution in [2.24, 2.45) is 5.92 Å². The van der Waals surface area contributed by atoms with Gasteiger partial charge in [-0.3, -0.25) is 4.98 Å². The number of rotatable bonds is 4. The summed E-state index contributed by atoms with van der Waals surface area (Å²) in [5.74, 6) is 0.294. The monoisotopic (exact) mass is 271 g/mol. The number of hydrogen-bond acceptors (Lipinski definition) is 3. The fourth-order valence-corrected chi connectivity index (χ4v) is 3.31. The first-order valence-corrected chi connectivity index (χ1v) is 7.38. The van der Waals surface area contributed by atoms with Gasteiger partial charge in [-0.1, -0.05) is 25.3 Å². The van der Waals surface area contributed by atoms with E-state index in [4.69, 9.17) is 0 Å². The maximum atomic E-state index is 11.4. The highest BCUT2D eigenvalue weighted by Gasteiger charge is 2.39. The summed E-state index contributed by atoms with van der Waals surface area (Å²) in [6.45, 7) is 0.545. The number of nitrogens with zero attached hydrogens (tertiary/aromatic N) is 3. The van der Waals surface area contributed by atoms with Gasteiger partial charge < -0.3 is 9.67 Å². The summed E-state index contributed by atoms with van der Waals surface area (Å²) in [5.41, 5.74) is 0.0654. The first-order chi connectivity index (χ1) is 9.79. The molecule has 1 aliphatic carbocycles. The molecule has 1 fully saturated rings. The lowest BCUT2D eigenvalue weighted by Gasteiger charge is -2.39. The Hall–Kier alpha value is -1.68. The van der Waals surface area contributed by atoms with E-state index in [0.717, 1.165) is 18.4 Å². The molecule has 0 radical (unpaired) electrons. The molecular formula is C16H21N3O. The summed E-state index contributed by atoms with van der Waals surface area (Å²) in [6, 6.07) is 3.88. The lowest BCUT2D eigenvalue weighted by Crippen LogP contribution is -2.40. The summed E-state index contributed by atoms with van der Waals surface area (Å²) in [6.07, 6.45) is 14.8. The Morgan fingerprint density at radius 2 is 2.05 bits per heavy atom. The Kier molecular flexibility index (Phi) is 3.83. The number of hydrogen-bond donors (Lipinski definition) is 1. The quantitative estimate of drug-likeness (QED) is 0.930. The lowest BCUT2D eigenvalue weighted by molar-refractivity contribution is -0.0535. The molecule has 1 aliphatic rings. The van der Waals surface area contributed by atoms with E-state index in [1.165, 1.54) is 19.3 Å². The van der Waals surface area contributed by atoms with E-state index in [1.54, 1.807) is 24.9 Å². The molecule has 0 unspecified atom stereocenters. The van der Waals surface area contributed by atoms with E-state index >= 15 is 0 Å². The van der Waals surface area contributed by atoms with Gasteiger partial charge in [0.1, 0.15) is 5.60 Å². The zero-order chi connectivity index (χ0) is 13.8. The highest BCUT2D eigenvalue weighted by Crippen LogP contribution is 2.40.